The molecule has 1 heterocycles. The molecule has 0 radical (unpaired) electrons. The number of aromatic nitrogens is 2. The second kappa shape index (κ2) is 5.61. The molecule has 0 aliphatic carbocycles. The first-order chi connectivity index (χ1) is 7.47. The topological polar surface area (TPSA) is 17.8 Å². The summed E-state index contributed by atoms with van der Waals surface area (Å²) in [5, 5.41) is 3.51. The lowest BCUT2D eigenvalue weighted by molar-refractivity contribution is -0.141. The van der Waals surface area contributed by atoms with Gasteiger partial charge in [-0.05, 0) is 24.2 Å². The molecule has 1 aromatic heterocycles. The van der Waals surface area contributed by atoms with E-state index < -0.39 is 11.9 Å². The molecule has 0 bridgehead atoms. The van der Waals surface area contributed by atoms with Crippen molar-refractivity contribution in [3.05, 3.63) is 18.0 Å². The molecule has 0 spiro atoms. The number of alkyl halides is 3. The molecule has 0 fully saturated rings. The van der Waals surface area contributed by atoms with Crippen LogP contribution in [0.2, 0.25) is 0 Å². The van der Waals surface area contributed by atoms with Crippen molar-refractivity contribution < 1.29 is 13.2 Å². The van der Waals surface area contributed by atoms with Crippen LogP contribution in [0.3, 0.4) is 0 Å². The molecular formula is C10H15F3N2S. The Morgan fingerprint density at radius 3 is 2.62 bits per heavy atom. The van der Waals surface area contributed by atoms with Crippen molar-refractivity contribution in [3.8, 4) is 0 Å². The first-order valence-electron chi connectivity index (χ1n) is 5.19. The van der Waals surface area contributed by atoms with Crippen molar-refractivity contribution in [2.24, 2.45) is 5.92 Å². The summed E-state index contributed by atoms with van der Waals surface area (Å²) in [4.78, 5) is 0. The Bertz CT molecular complexity index is 322. The van der Waals surface area contributed by atoms with E-state index in [4.69, 9.17) is 0 Å². The van der Waals surface area contributed by atoms with E-state index in [0.29, 0.717) is 12.3 Å². The molecule has 1 atom stereocenters. The highest BCUT2D eigenvalue weighted by molar-refractivity contribution is 7.80. The molecular weight excluding hydrogens is 237 g/mol. The summed E-state index contributed by atoms with van der Waals surface area (Å²) in [6.07, 6.45) is -1.04. The largest absolute Gasteiger partial charge is 0.435 e. The Morgan fingerprint density at radius 2 is 2.19 bits per heavy atom. The lowest BCUT2D eigenvalue weighted by Gasteiger charge is -2.13. The molecule has 1 unspecified atom stereocenters. The lowest BCUT2D eigenvalue weighted by Crippen LogP contribution is -2.14. The van der Waals surface area contributed by atoms with Crippen LogP contribution in [-0.4, -0.2) is 15.5 Å². The first kappa shape index (κ1) is 13.4. The zero-order valence-electron chi connectivity index (χ0n) is 9.04. The maximum Gasteiger partial charge on any atom is 0.435 e. The normalized spacial score (nSPS) is 14.1. The lowest BCUT2D eigenvalue weighted by atomic mass is 10.1. The van der Waals surface area contributed by atoms with E-state index in [1.807, 2.05) is 6.92 Å². The molecule has 92 valence electrons. The third kappa shape index (κ3) is 3.73. The fourth-order valence-corrected chi connectivity index (χ4v) is 1.83. The third-order valence-electron chi connectivity index (χ3n) is 2.33. The summed E-state index contributed by atoms with van der Waals surface area (Å²) in [5.74, 6) is 0.934. The fourth-order valence-electron chi connectivity index (χ4n) is 1.53. The number of rotatable bonds is 5. The number of thiol groups is 1. The van der Waals surface area contributed by atoms with Crippen molar-refractivity contribution in [1.29, 1.82) is 0 Å². The van der Waals surface area contributed by atoms with Crippen LogP contribution in [0.4, 0.5) is 13.2 Å². The number of halogens is 3. The predicted molar refractivity (Wildman–Crippen MR) is 59.5 cm³/mol. The SMILES string of the molecule is CCCC(CS)Cn1ccc(C(F)(F)F)n1. The van der Waals surface area contributed by atoms with Gasteiger partial charge < -0.3 is 0 Å². The molecule has 1 rings (SSSR count). The van der Waals surface area contributed by atoms with Crippen LogP contribution in [0.15, 0.2) is 12.3 Å². The van der Waals surface area contributed by atoms with Gasteiger partial charge in [0.15, 0.2) is 5.69 Å². The Labute approximate surface area is 98.2 Å². The van der Waals surface area contributed by atoms with Gasteiger partial charge in [0.25, 0.3) is 0 Å². The number of hydrogen-bond acceptors (Lipinski definition) is 2. The van der Waals surface area contributed by atoms with Crippen LogP contribution in [0.1, 0.15) is 25.5 Å². The van der Waals surface area contributed by atoms with Crippen LogP contribution in [0.5, 0.6) is 0 Å². The van der Waals surface area contributed by atoms with Gasteiger partial charge in [-0.1, -0.05) is 13.3 Å². The monoisotopic (exact) mass is 252 g/mol. The molecule has 0 saturated carbocycles. The molecule has 0 aromatic carbocycles. The number of hydrogen-bond donors (Lipinski definition) is 1. The van der Waals surface area contributed by atoms with Crippen LogP contribution in [0, 0.1) is 5.92 Å². The minimum Gasteiger partial charge on any atom is -0.272 e. The van der Waals surface area contributed by atoms with Gasteiger partial charge in [-0.3, -0.25) is 4.68 Å². The standard InChI is InChI=1S/C10H15F3N2S/c1-2-3-8(7-16)6-15-5-4-9(14-15)10(11,12)13/h4-5,8,16H,2-3,6-7H2,1H3. The summed E-state index contributed by atoms with van der Waals surface area (Å²) in [6, 6.07) is 1.00. The Morgan fingerprint density at radius 1 is 1.50 bits per heavy atom. The van der Waals surface area contributed by atoms with Gasteiger partial charge in [0, 0.05) is 12.7 Å². The van der Waals surface area contributed by atoms with Crippen LogP contribution in [-0.2, 0) is 12.7 Å². The van der Waals surface area contributed by atoms with Crippen molar-refractivity contribution in [1.82, 2.24) is 9.78 Å². The highest BCUT2D eigenvalue weighted by Gasteiger charge is 2.33. The van der Waals surface area contributed by atoms with Gasteiger partial charge in [0.05, 0.1) is 0 Å². The highest BCUT2D eigenvalue weighted by Crippen LogP contribution is 2.27. The second-order valence-electron chi connectivity index (χ2n) is 3.76. The second-order valence-corrected chi connectivity index (χ2v) is 4.12. The molecule has 0 N–H and O–H groups in total. The zero-order valence-corrected chi connectivity index (χ0v) is 9.93. The van der Waals surface area contributed by atoms with Gasteiger partial charge in [0.1, 0.15) is 0 Å². The quantitative estimate of drug-likeness (QED) is 0.796. The summed E-state index contributed by atoms with van der Waals surface area (Å²) in [7, 11) is 0. The average Bonchev–Trinajstić information content (AvgIpc) is 2.65. The van der Waals surface area contributed by atoms with Gasteiger partial charge in [-0.2, -0.15) is 30.9 Å². The Balaban J connectivity index is 2.64. The molecule has 1 aromatic rings. The molecule has 2 nitrogen and oxygen atoms in total. The van der Waals surface area contributed by atoms with E-state index in [1.165, 1.54) is 10.9 Å². The maximum absolute atomic E-state index is 12.3. The predicted octanol–water partition coefficient (Wildman–Crippen LogP) is 3.25. The van der Waals surface area contributed by atoms with Crippen molar-refractivity contribution in [3.63, 3.8) is 0 Å². The third-order valence-corrected chi connectivity index (χ3v) is 2.85. The summed E-state index contributed by atoms with van der Waals surface area (Å²) in [6.45, 7) is 2.54. The van der Waals surface area contributed by atoms with E-state index >= 15 is 0 Å². The van der Waals surface area contributed by atoms with Crippen LogP contribution in [0.25, 0.3) is 0 Å². The smallest absolute Gasteiger partial charge is 0.272 e. The van der Waals surface area contributed by atoms with Gasteiger partial charge in [0.2, 0.25) is 0 Å². The molecule has 0 saturated heterocycles. The van der Waals surface area contributed by atoms with Crippen LogP contribution < -0.4 is 0 Å². The van der Waals surface area contributed by atoms with Gasteiger partial charge in [-0.25, -0.2) is 0 Å². The summed E-state index contributed by atoms with van der Waals surface area (Å²) < 4.78 is 38.2. The van der Waals surface area contributed by atoms with E-state index in [2.05, 4.69) is 17.7 Å². The molecule has 0 aliphatic rings. The average molecular weight is 252 g/mol. The fraction of sp³-hybridized carbons (Fsp3) is 0.700. The van der Waals surface area contributed by atoms with Crippen molar-refractivity contribution >= 4 is 12.6 Å². The Hall–Kier alpha value is -0.650. The summed E-state index contributed by atoms with van der Waals surface area (Å²) in [5.41, 5.74) is -0.832. The van der Waals surface area contributed by atoms with E-state index in [9.17, 15) is 13.2 Å². The molecule has 0 amide bonds. The van der Waals surface area contributed by atoms with Gasteiger partial charge in [-0.15, -0.1) is 0 Å². The van der Waals surface area contributed by atoms with E-state index in [1.54, 1.807) is 0 Å². The van der Waals surface area contributed by atoms with Crippen molar-refractivity contribution in [2.45, 2.75) is 32.5 Å². The minimum absolute atomic E-state index is 0.273. The Kier molecular flexibility index (Phi) is 4.70. The van der Waals surface area contributed by atoms with E-state index in [-0.39, 0.29) is 5.92 Å². The van der Waals surface area contributed by atoms with E-state index in [0.717, 1.165) is 18.9 Å². The highest BCUT2D eigenvalue weighted by atomic mass is 32.1. The summed E-state index contributed by atoms with van der Waals surface area (Å²) >= 11 is 4.18. The number of nitrogens with zero attached hydrogens (tertiary/aromatic N) is 2. The van der Waals surface area contributed by atoms with Crippen molar-refractivity contribution in [2.75, 3.05) is 5.75 Å². The molecule has 0 aliphatic heterocycles. The zero-order chi connectivity index (χ0) is 12.2. The molecule has 6 heteroatoms. The minimum atomic E-state index is -4.35. The molecule has 16 heavy (non-hydrogen) atoms. The maximum atomic E-state index is 12.3. The first-order valence-corrected chi connectivity index (χ1v) is 5.82. The van der Waals surface area contributed by atoms with Crippen LogP contribution >= 0.6 is 12.6 Å². The van der Waals surface area contributed by atoms with Gasteiger partial charge >= 0.3 is 6.18 Å².